The molecule has 0 aliphatic heterocycles. The van der Waals surface area contributed by atoms with Crippen LogP contribution in [0, 0.1) is 13.8 Å². The van der Waals surface area contributed by atoms with E-state index in [1.807, 2.05) is 0 Å². The van der Waals surface area contributed by atoms with E-state index in [0.717, 1.165) is 90.5 Å². The standard InChI is InChI=1S/C82H62N4/c1-59-19-17-31-76(55-59)83(68-23-7-3-8-24-68)72-42-33-62(34-43-72)63-35-44-73(45-36-63)84(69-25-9-4-10-26-69)77-51-53-80(60(2)56-77)82-32-18-22-67-58-79(52-54-81(67)82)86(71-29-13-6-14-30-71)75-48-39-65(40-49-75)64-37-46-74(47-38-64)85(70-27-11-5-12-28-70)78-50-41-61-20-15-16-21-66(61)57-78/h3-58H,1-2H3. The zero-order chi connectivity index (χ0) is 57.8. The lowest BCUT2D eigenvalue weighted by Gasteiger charge is -2.27. The van der Waals surface area contributed by atoms with Crippen molar-refractivity contribution in [2.75, 3.05) is 19.6 Å². The molecule has 0 radical (unpaired) electrons. The van der Waals surface area contributed by atoms with Crippen molar-refractivity contribution in [2.45, 2.75) is 13.8 Å². The number of hydrogen-bond acceptors (Lipinski definition) is 4. The molecule has 0 aliphatic rings. The Balaban J connectivity index is 0.730. The van der Waals surface area contributed by atoms with Crippen LogP contribution in [0.5, 0.6) is 0 Å². The fourth-order valence-electron chi connectivity index (χ4n) is 12.1. The summed E-state index contributed by atoms with van der Waals surface area (Å²) in [5, 5.41) is 4.83. The average Bonchev–Trinajstić information content (AvgIpc) is 3.05. The topological polar surface area (TPSA) is 13.0 Å². The highest BCUT2D eigenvalue weighted by molar-refractivity contribution is 6.00. The first-order chi connectivity index (χ1) is 42.5. The third kappa shape index (κ3) is 10.8. The smallest absolute Gasteiger partial charge is 0.0468 e. The summed E-state index contributed by atoms with van der Waals surface area (Å²) in [4.78, 5) is 9.35. The van der Waals surface area contributed by atoms with Crippen LogP contribution in [-0.2, 0) is 0 Å². The number of hydrogen-bond donors (Lipinski definition) is 0. The first kappa shape index (κ1) is 52.8. The second kappa shape index (κ2) is 23.6. The quantitative estimate of drug-likeness (QED) is 0.101. The molecule has 0 N–H and O–H groups in total. The minimum Gasteiger partial charge on any atom is -0.310 e. The Labute approximate surface area is 504 Å². The van der Waals surface area contributed by atoms with Crippen molar-refractivity contribution in [1.82, 2.24) is 0 Å². The highest BCUT2D eigenvalue weighted by Crippen LogP contribution is 2.44. The normalized spacial score (nSPS) is 11.1. The van der Waals surface area contributed by atoms with Crippen molar-refractivity contribution in [3.05, 3.63) is 351 Å². The molecule has 0 saturated carbocycles. The summed E-state index contributed by atoms with van der Waals surface area (Å²) < 4.78 is 0. The van der Waals surface area contributed by atoms with Crippen LogP contribution in [0.25, 0.3) is 54.9 Å². The molecule has 14 aromatic carbocycles. The highest BCUT2D eigenvalue weighted by atomic mass is 15.2. The molecule has 14 rings (SSSR count). The zero-order valence-corrected chi connectivity index (χ0v) is 48.1. The molecule has 4 heteroatoms. The second-order valence-electron chi connectivity index (χ2n) is 22.0. The number of benzene rings is 14. The predicted octanol–water partition coefficient (Wildman–Crippen LogP) is 23.5. The molecular weight excluding hydrogens is 1040 g/mol. The van der Waals surface area contributed by atoms with Crippen LogP contribution in [0.4, 0.5) is 68.2 Å². The Bertz CT molecular complexity index is 4630. The molecule has 0 spiro atoms. The number of para-hydroxylation sites is 4. The van der Waals surface area contributed by atoms with Gasteiger partial charge < -0.3 is 19.6 Å². The molecular formula is C82H62N4. The first-order valence-corrected chi connectivity index (χ1v) is 29.5. The number of fused-ring (bicyclic) bond motifs is 2. The first-order valence-electron chi connectivity index (χ1n) is 29.5. The molecule has 0 unspecified atom stereocenters. The molecule has 86 heavy (non-hydrogen) atoms. The molecule has 14 aromatic rings. The van der Waals surface area contributed by atoms with E-state index in [-0.39, 0.29) is 0 Å². The number of anilines is 12. The van der Waals surface area contributed by atoms with Crippen LogP contribution in [0.2, 0.25) is 0 Å². The van der Waals surface area contributed by atoms with Crippen molar-refractivity contribution in [3.8, 4) is 33.4 Å². The molecule has 0 heterocycles. The maximum atomic E-state index is 2.36. The van der Waals surface area contributed by atoms with Gasteiger partial charge in [-0.3, -0.25) is 0 Å². The molecule has 0 aliphatic carbocycles. The minimum absolute atomic E-state index is 1.08. The summed E-state index contributed by atoms with van der Waals surface area (Å²) in [7, 11) is 0. The van der Waals surface area contributed by atoms with Crippen LogP contribution >= 0.6 is 0 Å². The van der Waals surface area contributed by atoms with Crippen LogP contribution in [0.1, 0.15) is 11.1 Å². The number of nitrogens with zero attached hydrogens (tertiary/aromatic N) is 4. The Morgan fingerprint density at radius 1 is 0.186 bits per heavy atom. The fraction of sp³-hybridized carbons (Fsp3) is 0.0244. The van der Waals surface area contributed by atoms with Gasteiger partial charge in [0.25, 0.3) is 0 Å². The van der Waals surface area contributed by atoms with E-state index in [0.29, 0.717) is 0 Å². The zero-order valence-electron chi connectivity index (χ0n) is 48.1. The lowest BCUT2D eigenvalue weighted by Crippen LogP contribution is -2.10. The number of rotatable bonds is 15. The largest absolute Gasteiger partial charge is 0.310 e. The Morgan fingerprint density at radius 2 is 0.500 bits per heavy atom. The van der Waals surface area contributed by atoms with Crippen molar-refractivity contribution >= 4 is 89.8 Å². The van der Waals surface area contributed by atoms with Gasteiger partial charge in [-0.1, -0.05) is 194 Å². The van der Waals surface area contributed by atoms with Gasteiger partial charge in [0.15, 0.2) is 0 Å². The van der Waals surface area contributed by atoms with E-state index in [4.69, 9.17) is 0 Å². The van der Waals surface area contributed by atoms with Crippen molar-refractivity contribution in [1.29, 1.82) is 0 Å². The highest BCUT2D eigenvalue weighted by Gasteiger charge is 2.20. The lowest BCUT2D eigenvalue weighted by atomic mass is 9.94. The Hall–Kier alpha value is -11.2. The summed E-state index contributed by atoms with van der Waals surface area (Å²) in [6.07, 6.45) is 0. The van der Waals surface area contributed by atoms with Crippen molar-refractivity contribution in [3.63, 3.8) is 0 Å². The van der Waals surface area contributed by atoms with Crippen LogP contribution in [0.15, 0.2) is 340 Å². The number of aryl methyl sites for hydroxylation is 2. The van der Waals surface area contributed by atoms with Gasteiger partial charge in [0.1, 0.15) is 0 Å². The second-order valence-corrected chi connectivity index (χ2v) is 22.0. The lowest BCUT2D eigenvalue weighted by molar-refractivity contribution is 1.27. The third-order valence-electron chi connectivity index (χ3n) is 16.4. The van der Waals surface area contributed by atoms with Gasteiger partial charge in [-0.15, -0.1) is 0 Å². The molecule has 0 atom stereocenters. The summed E-state index contributed by atoms with van der Waals surface area (Å²) >= 11 is 0. The molecule has 0 bridgehead atoms. The molecule has 410 valence electrons. The van der Waals surface area contributed by atoms with Gasteiger partial charge in [-0.25, -0.2) is 0 Å². The van der Waals surface area contributed by atoms with E-state index >= 15 is 0 Å². The summed E-state index contributed by atoms with van der Waals surface area (Å²) in [6, 6.07) is 123. The van der Waals surface area contributed by atoms with Crippen LogP contribution in [0.3, 0.4) is 0 Å². The van der Waals surface area contributed by atoms with Crippen LogP contribution in [-0.4, -0.2) is 0 Å². The van der Waals surface area contributed by atoms with Gasteiger partial charge in [0.05, 0.1) is 0 Å². The maximum absolute atomic E-state index is 2.36. The average molecular weight is 1100 g/mol. The molecule has 4 nitrogen and oxygen atoms in total. The molecule has 0 saturated heterocycles. The van der Waals surface area contributed by atoms with Gasteiger partial charge in [-0.05, 0) is 225 Å². The summed E-state index contributed by atoms with van der Waals surface area (Å²) in [5.41, 5.74) is 22.7. The van der Waals surface area contributed by atoms with Gasteiger partial charge in [0, 0.05) is 68.2 Å². The van der Waals surface area contributed by atoms with Gasteiger partial charge >= 0.3 is 0 Å². The van der Waals surface area contributed by atoms with Crippen LogP contribution < -0.4 is 19.6 Å². The predicted molar refractivity (Wildman–Crippen MR) is 366 cm³/mol. The molecule has 0 amide bonds. The van der Waals surface area contributed by atoms with E-state index in [1.54, 1.807) is 0 Å². The van der Waals surface area contributed by atoms with Crippen molar-refractivity contribution < 1.29 is 0 Å². The van der Waals surface area contributed by atoms with E-state index < -0.39 is 0 Å². The summed E-state index contributed by atoms with van der Waals surface area (Å²) in [5.74, 6) is 0. The van der Waals surface area contributed by atoms with Gasteiger partial charge in [0.2, 0.25) is 0 Å². The minimum atomic E-state index is 1.08. The van der Waals surface area contributed by atoms with E-state index in [9.17, 15) is 0 Å². The van der Waals surface area contributed by atoms with Crippen molar-refractivity contribution in [2.24, 2.45) is 0 Å². The monoisotopic (exact) mass is 1100 g/mol. The molecule has 0 fully saturated rings. The third-order valence-corrected chi connectivity index (χ3v) is 16.4. The Kier molecular flexibility index (Phi) is 14.5. The Morgan fingerprint density at radius 3 is 0.930 bits per heavy atom. The summed E-state index contributed by atoms with van der Waals surface area (Å²) in [6.45, 7) is 4.38. The van der Waals surface area contributed by atoms with E-state index in [2.05, 4.69) is 373 Å². The SMILES string of the molecule is Cc1cccc(N(c2ccccc2)c2ccc(-c3ccc(N(c4ccccc4)c4ccc(-c5cccc6cc(N(c7ccccc7)c7ccc(-c8ccc(N(c9ccccc9)c9ccc%10ccccc%10c9)cc8)cc7)ccc56)c(C)c4)cc3)cc2)c1. The fourth-order valence-corrected chi connectivity index (χ4v) is 12.1. The maximum Gasteiger partial charge on any atom is 0.0468 e. The molecule has 0 aromatic heterocycles. The van der Waals surface area contributed by atoms with E-state index in [1.165, 1.54) is 43.8 Å². The van der Waals surface area contributed by atoms with Gasteiger partial charge in [-0.2, -0.15) is 0 Å².